The van der Waals surface area contributed by atoms with Crippen LogP contribution in [0.1, 0.15) is 24.5 Å². The third kappa shape index (κ3) is 4.90. The van der Waals surface area contributed by atoms with Crippen LogP contribution in [0.2, 0.25) is 0 Å². The summed E-state index contributed by atoms with van der Waals surface area (Å²) < 4.78 is 26.7. The van der Waals surface area contributed by atoms with E-state index in [1.54, 1.807) is 12.4 Å². The maximum absolute atomic E-state index is 13.7. The predicted octanol–water partition coefficient (Wildman–Crippen LogP) is 3.51. The van der Waals surface area contributed by atoms with Gasteiger partial charge in [-0.2, -0.15) is 0 Å². The van der Waals surface area contributed by atoms with Crippen LogP contribution >= 0.6 is 0 Å². The minimum atomic E-state index is -0.534. The molecule has 2 aromatic rings. The number of pyridine rings is 1. The molecule has 0 aliphatic carbocycles. The molecule has 1 unspecified atom stereocenters. The molecule has 0 spiro atoms. The molecule has 112 valence electrons. The molecule has 0 amide bonds. The Morgan fingerprint density at radius 3 is 2.57 bits per heavy atom. The Morgan fingerprint density at radius 1 is 1.14 bits per heavy atom. The lowest BCUT2D eigenvalue weighted by atomic mass is 9.99. The molecule has 2 nitrogen and oxygen atoms in total. The minimum Gasteiger partial charge on any atom is -0.314 e. The lowest BCUT2D eigenvalue weighted by Gasteiger charge is -2.18. The predicted molar refractivity (Wildman–Crippen MR) is 80.1 cm³/mol. The molecule has 0 aliphatic heterocycles. The molecule has 1 aromatic heterocycles. The standard InChI is InChI=1S/C17H20F2N2/c1-2-21-16(6-3-13-7-9-20-10-8-13)11-14-4-5-15(18)12-17(14)19/h4-5,7-10,12,16,21H,2-3,6,11H2,1H3. The Kier molecular flexibility index (Phi) is 5.81. The van der Waals surface area contributed by atoms with E-state index in [4.69, 9.17) is 0 Å². The average molecular weight is 290 g/mol. The molecule has 1 aromatic carbocycles. The van der Waals surface area contributed by atoms with Gasteiger partial charge in [-0.25, -0.2) is 8.78 Å². The van der Waals surface area contributed by atoms with Crippen LogP contribution in [0.3, 0.4) is 0 Å². The molecule has 0 aliphatic rings. The largest absolute Gasteiger partial charge is 0.314 e. The Balaban J connectivity index is 1.98. The summed E-state index contributed by atoms with van der Waals surface area (Å²) in [6.45, 7) is 2.85. The fourth-order valence-electron chi connectivity index (χ4n) is 2.41. The number of likely N-dealkylation sites (N-methyl/N-ethyl adjacent to an activating group) is 1. The lowest BCUT2D eigenvalue weighted by molar-refractivity contribution is 0.477. The number of halogens is 2. The monoisotopic (exact) mass is 290 g/mol. The highest BCUT2D eigenvalue weighted by Crippen LogP contribution is 2.14. The molecule has 0 radical (unpaired) electrons. The fourth-order valence-corrected chi connectivity index (χ4v) is 2.41. The van der Waals surface area contributed by atoms with Crippen molar-refractivity contribution in [3.05, 3.63) is 65.5 Å². The molecule has 1 atom stereocenters. The normalized spacial score (nSPS) is 12.3. The lowest BCUT2D eigenvalue weighted by Crippen LogP contribution is -2.31. The van der Waals surface area contributed by atoms with Crippen LogP contribution in [0, 0.1) is 11.6 Å². The summed E-state index contributed by atoms with van der Waals surface area (Å²) in [5.74, 6) is -1.00. The molecule has 0 fully saturated rings. The first kappa shape index (κ1) is 15.6. The van der Waals surface area contributed by atoms with Gasteiger partial charge in [0.15, 0.2) is 0 Å². The topological polar surface area (TPSA) is 24.9 Å². The summed E-state index contributed by atoms with van der Waals surface area (Å²) in [6.07, 6.45) is 5.91. The maximum Gasteiger partial charge on any atom is 0.129 e. The van der Waals surface area contributed by atoms with E-state index in [1.807, 2.05) is 19.1 Å². The highest BCUT2D eigenvalue weighted by atomic mass is 19.1. The first-order chi connectivity index (χ1) is 10.2. The van der Waals surface area contributed by atoms with E-state index in [-0.39, 0.29) is 6.04 Å². The Hall–Kier alpha value is -1.81. The maximum atomic E-state index is 13.7. The van der Waals surface area contributed by atoms with Crippen molar-refractivity contribution in [2.45, 2.75) is 32.2 Å². The summed E-state index contributed by atoms with van der Waals surface area (Å²) in [7, 11) is 0. The van der Waals surface area contributed by atoms with Gasteiger partial charge in [0.2, 0.25) is 0 Å². The van der Waals surface area contributed by atoms with E-state index in [9.17, 15) is 8.78 Å². The van der Waals surface area contributed by atoms with Crippen molar-refractivity contribution in [1.82, 2.24) is 10.3 Å². The van der Waals surface area contributed by atoms with Gasteiger partial charge < -0.3 is 5.32 Å². The molecule has 1 N–H and O–H groups in total. The zero-order valence-corrected chi connectivity index (χ0v) is 12.2. The number of hydrogen-bond donors (Lipinski definition) is 1. The van der Waals surface area contributed by atoms with Gasteiger partial charge in [-0.3, -0.25) is 4.98 Å². The van der Waals surface area contributed by atoms with Crippen LogP contribution in [-0.4, -0.2) is 17.6 Å². The third-order valence-electron chi connectivity index (χ3n) is 3.51. The van der Waals surface area contributed by atoms with Crippen molar-refractivity contribution in [3.63, 3.8) is 0 Å². The summed E-state index contributed by atoms with van der Waals surface area (Å²) in [5, 5.41) is 3.37. The van der Waals surface area contributed by atoms with Crippen LogP contribution in [0.5, 0.6) is 0 Å². The molecule has 1 heterocycles. The number of aryl methyl sites for hydroxylation is 1. The summed E-state index contributed by atoms with van der Waals surface area (Å²) in [4.78, 5) is 4.00. The quantitative estimate of drug-likeness (QED) is 0.844. The summed E-state index contributed by atoms with van der Waals surface area (Å²) in [6, 6.07) is 7.93. The molecule has 0 saturated carbocycles. The smallest absolute Gasteiger partial charge is 0.129 e. The minimum absolute atomic E-state index is 0.170. The van der Waals surface area contributed by atoms with E-state index < -0.39 is 11.6 Å². The Bertz CT molecular complexity index is 558. The first-order valence-corrected chi connectivity index (χ1v) is 7.25. The summed E-state index contributed by atoms with van der Waals surface area (Å²) in [5.41, 5.74) is 1.77. The Morgan fingerprint density at radius 2 is 1.90 bits per heavy atom. The SMILES string of the molecule is CCNC(CCc1ccncc1)Cc1ccc(F)cc1F. The second-order valence-electron chi connectivity index (χ2n) is 5.09. The molecular formula is C17H20F2N2. The number of hydrogen-bond acceptors (Lipinski definition) is 2. The van der Waals surface area contributed by atoms with Crippen molar-refractivity contribution in [3.8, 4) is 0 Å². The van der Waals surface area contributed by atoms with Crippen LogP contribution < -0.4 is 5.32 Å². The number of aromatic nitrogens is 1. The molecule has 0 saturated heterocycles. The number of rotatable bonds is 7. The van der Waals surface area contributed by atoms with Crippen LogP contribution in [0.4, 0.5) is 8.78 Å². The highest BCUT2D eigenvalue weighted by Gasteiger charge is 2.12. The van der Waals surface area contributed by atoms with Crippen molar-refractivity contribution < 1.29 is 8.78 Å². The summed E-state index contributed by atoms with van der Waals surface area (Å²) >= 11 is 0. The number of benzene rings is 1. The van der Waals surface area contributed by atoms with Crippen LogP contribution in [-0.2, 0) is 12.8 Å². The van der Waals surface area contributed by atoms with E-state index in [2.05, 4.69) is 10.3 Å². The van der Waals surface area contributed by atoms with Gasteiger partial charge in [0.05, 0.1) is 0 Å². The van der Waals surface area contributed by atoms with Crippen molar-refractivity contribution >= 4 is 0 Å². The van der Waals surface area contributed by atoms with Crippen LogP contribution in [0.25, 0.3) is 0 Å². The molecular weight excluding hydrogens is 270 g/mol. The van der Waals surface area contributed by atoms with Crippen molar-refractivity contribution in [1.29, 1.82) is 0 Å². The van der Waals surface area contributed by atoms with E-state index in [0.29, 0.717) is 12.0 Å². The molecule has 0 bridgehead atoms. The van der Waals surface area contributed by atoms with Gasteiger partial charge in [0.25, 0.3) is 0 Å². The van der Waals surface area contributed by atoms with E-state index in [1.165, 1.54) is 17.7 Å². The fraction of sp³-hybridized carbons (Fsp3) is 0.353. The van der Waals surface area contributed by atoms with Crippen LogP contribution in [0.15, 0.2) is 42.7 Å². The van der Waals surface area contributed by atoms with E-state index >= 15 is 0 Å². The molecule has 21 heavy (non-hydrogen) atoms. The van der Waals surface area contributed by atoms with Gasteiger partial charge in [-0.05, 0) is 55.1 Å². The number of nitrogens with zero attached hydrogens (tertiary/aromatic N) is 1. The second kappa shape index (κ2) is 7.84. The first-order valence-electron chi connectivity index (χ1n) is 7.25. The van der Waals surface area contributed by atoms with E-state index in [0.717, 1.165) is 25.5 Å². The van der Waals surface area contributed by atoms with Crippen molar-refractivity contribution in [2.24, 2.45) is 0 Å². The van der Waals surface area contributed by atoms with Gasteiger partial charge in [0.1, 0.15) is 11.6 Å². The van der Waals surface area contributed by atoms with Gasteiger partial charge in [-0.1, -0.05) is 13.0 Å². The number of nitrogens with one attached hydrogen (secondary N) is 1. The van der Waals surface area contributed by atoms with Gasteiger partial charge >= 0.3 is 0 Å². The van der Waals surface area contributed by atoms with Crippen molar-refractivity contribution in [2.75, 3.05) is 6.54 Å². The average Bonchev–Trinajstić information content (AvgIpc) is 2.49. The molecule has 4 heteroatoms. The third-order valence-corrected chi connectivity index (χ3v) is 3.51. The van der Waals surface area contributed by atoms with Gasteiger partial charge in [0, 0.05) is 24.5 Å². The Labute approximate surface area is 124 Å². The zero-order valence-electron chi connectivity index (χ0n) is 12.2. The highest BCUT2D eigenvalue weighted by molar-refractivity contribution is 5.20. The zero-order chi connectivity index (χ0) is 15.1. The van der Waals surface area contributed by atoms with Gasteiger partial charge in [-0.15, -0.1) is 0 Å². The second-order valence-corrected chi connectivity index (χ2v) is 5.09. The molecule has 2 rings (SSSR count).